The predicted molar refractivity (Wildman–Crippen MR) is 82.0 cm³/mol. The molecule has 1 amide bonds. The fourth-order valence-electron chi connectivity index (χ4n) is 2.22. The van der Waals surface area contributed by atoms with Crippen LogP contribution in [0.2, 0.25) is 0 Å². The van der Waals surface area contributed by atoms with Crippen molar-refractivity contribution in [3.63, 3.8) is 0 Å². The molecule has 1 aromatic heterocycles. The number of nitrogens with zero attached hydrogens (tertiary/aromatic N) is 1. The van der Waals surface area contributed by atoms with Gasteiger partial charge in [-0.1, -0.05) is 0 Å². The molecule has 2 aromatic rings. The van der Waals surface area contributed by atoms with Crippen molar-refractivity contribution in [2.45, 2.75) is 18.7 Å². The number of anilines is 1. The highest BCUT2D eigenvalue weighted by atomic mass is 32.2. The number of benzene rings is 1. The number of amides is 1. The van der Waals surface area contributed by atoms with Crippen LogP contribution in [-0.4, -0.2) is 21.1 Å². The van der Waals surface area contributed by atoms with Crippen LogP contribution < -0.4 is 13.8 Å². The number of hydrogen-bond acceptors (Lipinski definition) is 6. The summed E-state index contributed by atoms with van der Waals surface area (Å²) >= 11 is 1.25. The van der Waals surface area contributed by atoms with E-state index in [2.05, 4.69) is 0 Å². The minimum atomic E-state index is -3.95. The van der Waals surface area contributed by atoms with Crippen LogP contribution in [-0.2, 0) is 14.8 Å². The third kappa shape index (κ3) is 2.34. The molecule has 0 radical (unpaired) electrons. The molecular weight excluding hydrogens is 326 g/mol. The van der Waals surface area contributed by atoms with Crippen molar-refractivity contribution < 1.29 is 22.7 Å². The van der Waals surface area contributed by atoms with Crippen LogP contribution in [0.4, 0.5) is 5.69 Å². The van der Waals surface area contributed by atoms with E-state index in [0.29, 0.717) is 17.1 Å². The molecule has 6 nitrogen and oxygen atoms in total. The van der Waals surface area contributed by atoms with Crippen molar-refractivity contribution in [1.29, 1.82) is 0 Å². The molecule has 1 aromatic carbocycles. The number of carbonyl (C=O) groups is 1. The molecule has 22 heavy (non-hydrogen) atoms. The molecule has 116 valence electrons. The van der Waals surface area contributed by atoms with E-state index < -0.39 is 15.9 Å². The zero-order valence-corrected chi connectivity index (χ0v) is 13.5. The summed E-state index contributed by atoms with van der Waals surface area (Å²) in [5, 5.41) is 3.14. The minimum absolute atomic E-state index is 0.0789. The summed E-state index contributed by atoms with van der Waals surface area (Å²) in [5.41, 5.74) is 0.876. The van der Waals surface area contributed by atoms with Gasteiger partial charge in [0.15, 0.2) is 11.5 Å². The molecular formula is C14H13NO5S2. The summed E-state index contributed by atoms with van der Waals surface area (Å²) in [4.78, 5) is 12.1. The highest BCUT2D eigenvalue weighted by Crippen LogP contribution is 2.39. The summed E-state index contributed by atoms with van der Waals surface area (Å²) in [6.07, 6.45) is 0. The first-order valence-electron chi connectivity index (χ1n) is 6.39. The second kappa shape index (κ2) is 5.29. The number of fused-ring (bicyclic) bond motifs is 1. The molecule has 8 heteroatoms. The minimum Gasteiger partial charge on any atom is -0.454 e. The Morgan fingerprint density at radius 3 is 2.55 bits per heavy atom. The van der Waals surface area contributed by atoms with Gasteiger partial charge in [-0.2, -0.15) is 11.3 Å². The lowest BCUT2D eigenvalue weighted by atomic mass is 10.1. The summed E-state index contributed by atoms with van der Waals surface area (Å²) in [6, 6.07) is 4.65. The molecule has 1 aliphatic rings. The Morgan fingerprint density at radius 2 is 1.95 bits per heavy atom. The summed E-state index contributed by atoms with van der Waals surface area (Å²) in [6.45, 7) is 3.01. The highest BCUT2D eigenvalue weighted by Gasteiger charge is 2.31. The van der Waals surface area contributed by atoms with Gasteiger partial charge in [0, 0.05) is 18.4 Å². The Hall–Kier alpha value is -2.06. The van der Waals surface area contributed by atoms with E-state index in [1.165, 1.54) is 35.8 Å². The third-order valence-electron chi connectivity index (χ3n) is 3.23. The van der Waals surface area contributed by atoms with Crippen LogP contribution in [0.3, 0.4) is 0 Å². The van der Waals surface area contributed by atoms with Crippen LogP contribution >= 0.6 is 11.3 Å². The molecule has 1 aliphatic heterocycles. The van der Waals surface area contributed by atoms with Crippen molar-refractivity contribution in [2.75, 3.05) is 11.1 Å². The maximum atomic E-state index is 12.7. The van der Waals surface area contributed by atoms with E-state index in [-0.39, 0.29) is 17.4 Å². The van der Waals surface area contributed by atoms with Crippen molar-refractivity contribution in [3.8, 4) is 11.5 Å². The molecule has 0 bridgehead atoms. The van der Waals surface area contributed by atoms with Gasteiger partial charge in [-0.3, -0.25) is 4.79 Å². The summed E-state index contributed by atoms with van der Waals surface area (Å²) in [5.74, 6) is 0.373. The standard InChI is InChI=1S/C14H13NO5S2/c1-9-5-13-14(20-8-19-13)6-12(9)15(10(2)16)22(17,18)11-3-4-21-7-11/h3-7H,8H2,1-2H3. The van der Waals surface area contributed by atoms with Gasteiger partial charge in [0.05, 0.1) is 10.6 Å². The van der Waals surface area contributed by atoms with Crippen LogP contribution in [0.15, 0.2) is 33.9 Å². The van der Waals surface area contributed by atoms with Crippen molar-refractivity contribution in [1.82, 2.24) is 0 Å². The van der Waals surface area contributed by atoms with Gasteiger partial charge >= 0.3 is 0 Å². The fraction of sp³-hybridized carbons (Fsp3) is 0.214. The first-order valence-corrected chi connectivity index (χ1v) is 8.78. The van der Waals surface area contributed by atoms with Gasteiger partial charge in [-0.25, -0.2) is 12.7 Å². The lowest BCUT2D eigenvalue weighted by Gasteiger charge is -2.22. The third-order valence-corrected chi connectivity index (χ3v) is 5.85. The Morgan fingerprint density at radius 1 is 1.27 bits per heavy atom. The number of rotatable bonds is 3. The molecule has 3 rings (SSSR count). The predicted octanol–water partition coefficient (Wildman–Crippen LogP) is 2.53. The zero-order valence-electron chi connectivity index (χ0n) is 11.9. The first kappa shape index (κ1) is 14.9. The fourth-order valence-corrected chi connectivity index (χ4v) is 4.72. The molecule has 0 aliphatic carbocycles. The molecule has 0 spiro atoms. The van der Waals surface area contributed by atoms with Crippen molar-refractivity contribution in [2.24, 2.45) is 0 Å². The lowest BCUT2D eigenvalue weighted by Crippen LogP contribution is -2.35. The van der Waals surface area contributed by atoms with E-state index in [0.717, 1.165) is 4.31 Å². The number of carbonyl (C=O) groups excluding carboxylic acids is 1. The average molecular weight is 339 g/mol. The quantitative estimate of drug-likeness (QED) is 0.859. The van der Waals surface area contributed by atoms with Gasteiger partial charge in [0.1, 0.15) is 0 Å². The van der Waals surface area contributed by atoms with E-state index >= 15 is 0 Å². The largest absolute Gasteiger partial charge is 0.454 e. The Kier molecular flexibility index (Phi) is 3.57. The molecule has 0 N–H and O–H groups in total. The van der Waals surface area contributed by atoms with Crippen molar-refractivity contribution >= 4 is 33.0 Å². The average Bonchev–Trinajstić information content (AvgIpc) is 3.08. The van der Waals surface area contributed by atoms with E-state index in [4.69, 9.17) is 9.47 Å². The number of hydrogen-bond donors (Lipinski definition) is 0. The molecule has 2 heterocycles. The van der Waals surface area contributed by atoms with E-state index in [9.17, 15) is 13.2 Å². The Balaban J connectivity index is 2.16. The number of sulfonamides is 1. The highest BCUT2D eigenvalue weighted by molar-refractivity contribution is 7.93. The van der Waals surface area contributed by atoms with Gasteiger partial charge in [0.2, 0.25) is 12.7 Å². The second-order valence-electron chi connectivity index (χ2n) is 4.74. The lowest BCUT2D eigenvalue weighted by molar-refractivity contribution is -0.115. The monoisotopic (exact) mass is 339 g/mol. The second-order valence-corrected chi connectivity index (χ2v) is 7.31. The van der Waals surface area contributed by atoms with Gasteiger partial charge in [-0.15, -0.1) is 0 Å². The molecule has 0 saturated heterocycles. The number of ether oxygens (including phenoxy) is 2. The van der Waals surface area contributed by atoms with Crippen molar-refractivity contribution in [3.05, 3.63) is 34.5 Å². The number of aryl methyl sites for hydroxylation is 1. The smallest absolute Gasteiger partial charge is 0.271 e. The summed E-state index contributed by atoms with van der Waals surface area (Å²) < 4.78 is 36.8. The summed E-state index contributed by atoms with van der Waals surface area (Å²) in [7, 11) is -3.95. The normalized spacial score (nSPS) is 13.2. The first-order chi connectivity index (χ1) is 10.4. The van der Waals surface area contributed by atoms with Gasteiger partial charge in [-0.05, 0) is 30.0 Å². The van der Waals surface area contributed by atoms with Crippen LogP contribution in [0.1, 0.15) is 12.5 Å². The molecule has 0 unspecified atom stereocenters. The van der Waals surface area contributed by atoms with Crippen LogP contribution in [0.5, 0.6) is 11.5 Å². The SMILES string of the molecule is CC(=O)N(c1cc2c(cc1C)OCO2)S(=O)(=O)c1ccsc1. The van der Waals surface area contributed by atoms with Crippen LogP contribution in [0.25, 0.3) is 0 Å². The topological polar surface area (TPSA) is 72.9 Å². The maximum absolute atomic E-state index is 12.7. The van der Waals surface area contributed by atoms with Crippen LogP contribution in [0, 0.1) is 6.92 Å². The zero-order chi connectivity index (χ0) is 15.9. The maximum Gasteiger partial charge on any atom is 0.271 e. The number of thiophene rings is 1. The Labute approximate surface area is 131 Å². The molecule has 0 saturated carbocycles. The van der Waals surface area contributed by atoms with Gasteiger partial charge in [0.25, 0.3) is 10.0 Å². The van der Waals surface area contributed by atoms with E-state index in [1.807, 2.05) is 0 Å². The molecule has 0 fully saturated rings. The molecule has 0 atom stereocenters. The Bertz CT molecular complexity index is 827. The van der Waals surface area contributed by atoms with Gasteiger partial charge < -0.3 is 9.47 Å². The van der Waals surface area contributed by atoms with E-state index in [1.54, 1.807) is 18.4 Å².